The standard InChI is InChI=1S/C63H66O12/c1-46(64)65-44-54-56(66-37-47-23-9-2-10-24-47)58(68-39-49-27-13-4-14-28-49)61(71-42-52-33-19-7-20-34-52)63(74-54)73-45-55-57(67-38-48-25-11-3-12-26-48)59(69-40-50-29-15-5-16-30-50)60(70-41-51-31-17-6-18-32-51)62(75-55)72-43-53-35-21-8-22-36-53/h2-36,54-63H,37-45H2,1H3/t54-,55-,56-,57-,58+,59+,60+,61+,62+,63+/m1/s1. The fourth-order valence-corrected chi connectivity index (χ4v) is 9.17. The van der Waals surface area contributed by atoms with Crippen LogP contribution in [0.4, 0.5) is 0 Å². The average molecular weight is 1020 g/mol. The molecule has 390 valence electrons. The third kappa shape index (κ3) is 16.1. The molecular formula is C63H66O12. The topological polar surface area (TPSA) is 119 Å². The van der Waals surface area contributed by atoms with E-state index in [1.807, 2.05) is 212 Å². The van der Waals surface area contributed by atoms with Gasteiger partial charge in [0.1, 0.15) is 55.4 Å². The van der Waals surface area contributed by atoms with Crippen molar-refractivity contribution in [2.24, 2.45) is 0 Å². The maximum atomic E-state index is 12.5. The van der Waals surface area contributed by atoms with Gasteiger partial charge in [0.15, 0.2) is 12.6 Å². The highest BCUT2D eigenvalue weighted by Crippen LogP contribution is 2.35. The molecule has 0 N–H and O–H groups in total. The lowest BCUT2D eigenvalue weighted by Gasteiger charge is -2.48. The molecule has 12 heteroatoms. The van der Waals surface area contributed by atoms with Gasteiger partial charge < -0.3 is 52.1 Å². The van der Waals surface area contributed by atoms with Gasteiger partial charge in [0.05, 0.1) is 52.9 Å². The molecule has 12 nitrogen and oxygen atoms in total. The molecule has 0 radical (unpaired) electrons. The molecule has 2 saturated heterocycles. The van der Waals surface area contributed by atoms with E-state index in [1.54, 1.807) is 0 Å². The Morgan fingerprint density at radius 1 is 0.307 bits per heavy atom. The molecule has 0 spiro atoms. The summed E-state index contributed by atoms with van der Waals surface area (Å²) in [6.45, 7) is 2.78. The normalized spacial score (nSPS) is 23.6. The van der Waals surface area contributed by atoms with Crippen LogP contribution in [0.3, 0.4) is 0 Å². The Morgan fingerprint density at radius 2 is 0.547 bits per heavy atom. The van der Waals surface area contributed by atoms with Crippen LogP contribution >= 0.6 is 0 Å². The summed E-state index contributed by atoms with van der Waals surface area (Å²) < 4.78 is 75.1. The van der Waals surface area contributed by atoms with Crippen LogP contribution in [0.5, 0.6) is 0 Å². The molecule has 75 heavy (non-hydrogen) atoms. The van der Waals surface area contributed by atoms with Gasteiger partial charge in [0, 0.05) is 6.92 Å². The minimum atomic E-state index is -1.11. The van der Waals surface area contributed by atoms with Crippen molar-refractivity contribution in [1.29, 1.82) is 0 Å². The quantitative estimate of drug-likeness (QED) is 0.0481. The molecule has 2 heterocycles. The van der Waals surface area contributed by atoms with Crippen LogP contribution in [0.25, 0.3) is 0 Å². The third-order valence-electron chi connectivity index (χ3n) is 13.0. The fourth-order valence-electron chi connectivity index (χ4n) is 9.17. The summed E-state index contributed by atoms with van der Waals surface area (Å²) in [6.07, 6.45) is -8.48. The predicted octanol–water partition coefficient (Wildman–Crippen LogP) is 10.7. The van der Waals surface area contributed by atoms with Crippen molar-refractivity contribution in [3.05, 3.63) is 251 Å². The summed E-state index contributed by atoms with van der Waals surface area (Å²) in [5.41, 5.74) is 6.69. The van der Waals surface area contributed by atoms with Crippen molar-refractivity contribution >= 4 is 5.97 Å². The number of carbonyl (C=O) groups is 1. The van der Waals surface area contributed by atoms with Gasteiger partial charge in [-0.2, -0.15) is 0 Å². The van der Waals surface area contributed by atoms with Crippen molar-refractivity contribution in [3.63, 3.8) is 0 Å². The van der Waals surface area contributed by atoms with Gasteiger partial charge in [0.2, 0.25) is 0 Å². The van der Waals surface area contributed by atoms with E-state index in [9.17, 15) is 4.79 Å². The van der Waals surface area contributed by atoms with E-state index in [4.69, 9.17) is 52.1 Å². The molecule has 0 amide bonds. The summed E-state index contributed by atoms with van der Waals surface area (Å²) in [6, 6.07) is 69.6. The lowest BCUT2D eigenvalue weighted by atomic mass is 9.96. The van der Waals surface area contributed by atoms with E-state index in [1.165, 1.54) is 6.92 Å². The van der Waals surface area contributed by atoms with Gasteiger partial charge in [-0.25, -0.2) is 0 Å². The molecule has 2 aliphatic heterocycles. The first kappa shape index (κ1) is 53.4. The predicted molar refractivity (Wildman–Crippen MR) is 281 cm³/mol. The van der Waals surface area contributed by atoms with Crippen molar-refractivity contribution in [3.8, 4) is 0 Å². The van der Waals surface area contributed by atoms with Crippen LogP contribution in [0, 0.1) is 0 Å². The molecule has 0 bridgehead atoms. The molecule has 0 aliphatic carbocycles. The number of hydrogen-bond donors (Lipinski definition) is 0. The molecule has 7 aromatic rings. The third-order valence-corrected chi connectivity index (χ3v) is 13.0. The Balaban J connectivity index is 1.07. The van der Waals surface area contributed by atoms with E-state index in [0.717, 1.165) is 38.9 Å². The lowest BCUT2D eigenvalue weighted by Crippen LogP contribution is -2.64. The Kier molecular flexibility index (Phi) is 20.3. The van der Waals surface area contributed by atoms with Crippen LogP contribution in [-0.4, -0.2) is 80.6 Å². The molecule has 2 aliphatic rings. The minimum absolute atomic E-state index is 0.0850. The average Bonchev–Trinajstić information content (AvgIpc) is 3.46. The molecule has 0 saturated carbocycles. The van der Waals surface area contributed by atoms with E-state index in [-0.39, 0.29) is 59.5 Å². The van der Waals surface area contributed by atoms with Gasteiger partial charge in [-0.05, 0) is 38.9 Å². The highest BCUT2D eigenvalue weighted by Gasteiger charge is 2.52. The summed E-state index contributed by atoms with van der Waals surface area (Å²) in [7, 11) is 0. The van der Waals surface area contributed by atoms with Crippen LogP contribution in [0.15, 0.2) is 212 Å². The SMILES string of the molecule is CC(=O)OC[C@H]1O[C@H](OC[C@H]2O[C@H](OCc3ccccc3)[C@@H](OCc3ccccc3)[C@@H](OCc3ccccc3)[C@@H]2OCc2ccccc2)[C@@H](OCc2ccccc2)[C@@H](OCc2ccccc2)[C@@H]1OCc1ccccc1. The van der Waals surface area contributed by atoms with Gasteiger partial charge in [-0.1, -0.05) is 212 Å². The number of benzene rings is 7. The number of hydrogen-bond acceptors (Lipinski definition) is 12. The molecule has 0 unspecified atom stereocenters. The molecule has 9 rings (SSSR count). The van der Waals surface area contributed by atoms with Crippen LogP contribution in [0.1, 0.15) is 45.9 Å². The Labute approximate surface area is 440 Å². The smallest absolute Gasteiger partial charge is 0.302 e. The summed E-state index contributed by atoms with van der Waals surface area (Å²) in [5, 5.41) is 0. The van der Waals surface area contributed by atoms with E-state index in [2.05, 4.69) is 0 Å². The zero-order valence-corrected chi connectivity index (χ0v) is 42.2. The Bertz CT molecular complexity index is 2670. The first-order valence-corrected chi connectivity index (χ1v) is 25.7. The second kappa shape index (κ2) is 28.5. The summed E-state index contributed by atoms with van der Waals surface area (Å²) in [5.74, 6) is -0.469. The van der Waals surface area contributed by atoms with Crippen molar-refractivity contribution < 1.29 is 56.9 Å². The monoisotopic (exact) mass is 1010 g/mol. The first-order valence-electron chi connectivity index (χ1n) is 25.7. The van der Waals surface area contributed by atoms with E-state index >= 15 is 0 Å². The second-order valence-corrected chi connectivity index (χ2v) is 18.6. The summed E-state index contributed by atoms with van der Waals surface area (Å²) >= 11 is 0. The maximum Gasteiger partial charge on any atom is 0.302 e. The van der Waals surface area contributed by atoms with E-state index in [0.29, 0.717) is 0 Å². The van der Waals surface area contributed by atoms with E-state index < -0.39 is 67.4 Å². The van der Waals surface area contributed by atoms with Crippen LogP contribution in [0.2, 0.25) is 0 Å². The Morgan fingerprint density at radius 3 is 0.840 bits per heavy atom. The number of esters is 1. The zero-order chi connectivity index (χ0) is 51.3. The van der Waals surface area contributed by atoms with Crippen LogP contribution in [-0.2, 0) is 103 Å². The van der Waals surface area contributed by atoms with Crippen molar-refractivity contribution in [2.75, 3.05) is 13.2 Å². The number of ether oxygens (including phenoxy) is 11. The zero-order valence-electron chi connectivity index (χ0n) is 42.2. The van der Waals surface area contributed by atoms with Crippen LogP contribution < -0.4 is 0 Å². The molecular weight excluding hydrogens is 949 g/mol. The molecule has 10 atom stereocenters. The molecule has 0 aromatic heterocycles. The molecule has 2 fully saturated rings. The minimum Gasteiger partial charge on any atom is -0.463 e. The highest BCUT2D eigenvalue weighted by molar-refractivity contribution is 5.65. The maximum absolute atomic E-state index is 12.5. The Hall–Kier alpha value is -6.39. The van der Waals surface area contributed by atoms with Gasteiger partial charge in [0.25, 0.3) is 0 Å². The summed E-state index contributed by atoms with van der Waals surface area (Å²) in [4.78, 5) is 12.5. The fraction of sp³-hybridized carbons (Fsp3) is 0.317. The highest BCUT2D eigenvalue weighted by atomic mass is 16.8. The molecule has 7 aromatic carbocycles. The second-order valence-electron chi connectivity index (χ2n) is 18.6. The number of carbonyl (C=O) groups excluding carboxylic acids is 1. The largest absolute Gasteiger partial charge is 0.463 e. The van der Waals surface area contributed by atoms with Gasteiger partial charge >= 0.3 is 5.97 Å². The number of rotatable bonds is 26. The van der Waals surface area contributed by atoms with Gasteiger partial charge in [-0.15, -0.1) is 0 Å². The first-order chi connectivity index (χ1) is 37.0. The van der Waals surface area contributed by atoms with Gasteiger partial charge in [-0.3, -0.25) is 4.79 Å². The van der Waals surface area contributed by atoms with Crippen molar-refractivity contribution in [2.45, 2.75) is 115 Å². The lowest BCUT2D eigenvalue weighted by molar-refractivity contribution is -0.353. The van der Waals surface area contributed by atoms with Crippen molar-refractivity contribution in [1.82, 2.24) is 0 Å².